The van der Waals surface area contributed by atoms with E-state index in [-0.39, 0.29) is 12.6 Å². The Morgan fingerprint density at radius 1 is 1.71 bits per heavy atom. The molecule has 0 aliphatic heterocycles. The summed E-state index contributed by atoms with van der Waals surface area (Å²) in [5.74, 6) is 0. The highest BCUT2D eigenvalue weighted by molar-refractivity contribution is 5.09. The quantitative estimate of drug-likeness (QED) is 0.732. The third-order valence-electron chi connectivity index (χ3n) is 2.63. The van der Waals surface area contributed by atoms with E-state index < -0.39 is 0 Å². The average Bonchev–Trinajstić information content (AvgIpc) is 2.94. The van der Waals surface area contributed by atoms with Gasteiger partial charge in [0.25, 0.3) is 0 Å². The summed E-state index contributed by atoms with van der Waals surface area (Å²) in [4.78, 5) is 4.15. The van der Waals surface area contributed by atoms with Crippen LogP contribution in [-0.2, 0) is 0 Å². The van der Waals surface area contributed by atoms with Crippen LogP contribution in [0.3, 0.4) is 0 Å². The summed E-state index contributed by atoms with van der Waals surface area (Å²) >= 11 is 0. The van der Waals surface area contributed by atoms with E-state index in [4.69, 9.17) is 0 Å². The van der Waals surface area contributed by atoms with Gasteiger partial charge in [-0.15, -0.1) is 0 Å². The zero-order chi connectivity index (χ0) is 9.97. The van der Waals surface area contributed by atoms with E-state index in [0.717, 1.165) is 12.2 Å². The molecular weight excluding hydrogens is 178 g/mol. The molecule has 1 heterocycles. The molecule has 1 aromatic heterocycles. The molecule has 4 nitrogen and oxygen atoms in total. The Morgan fingerprint density at radius 3 is 3.07 bits per heavy atom. The van der Waals surface area contributed by atoms with Crippen molar-refractivity contribution in [1.29, 1.82) is 0 Å². The molecule has 0 aromatic carbocycles. The second-order valence-electron chi connectivity index (χ2n) is 3.75. The van der Waals surface area contributed by atoms with Crippen molar-refractivity contribution in [2.45, 2.75) is 31.8 Å². The highest BCUT2D eigenvalue weighted by Gasteiger charge is 2.27. The number of likely N-dealkylation sites (N-methyl/N-ethyl adjacent to an activating group) is 1. The number of hydrogen-bond donors (Lipinski definition) is 2. The fourth-order valence-electron chi connectivity index (χ4n) is 1.75. The van der Waals surface area contributed by atoms with Crippen molar-refractivity contribution in [2.75, 3.05) is 13.2 Å². The zero-order valence-electron chi connectivity index (χ0n) is 8.48. The van der Waals surface area contributed by atoms with Crippen molar-refractivity contribution >= 4 is 0 Å². The third-order valence-corrected chi connectivity index (χ3v) is 2.63. The normalized spacial score (nSPS) is 18.4. The van der Waals surface area contributed by atoms with Gasteiger partial charge in [-0.2, -0.15) is 0 Å². The summed E-state index contributed by atoms with van der Waals surface area (Å²) in [5, 5.41) is 12.5. The van der Waals surface area contributed by atoms with Gasteiger partial charge in [0.2, 0.25) is 0 Å². The van der Waals surface area contributed by atoms with Crippen LogP contribution in [0.25, 0.3) is 0 Å². The van der Waals surface area contributed by atoms with Crippen LogP contribution >= 0.6 is 0 Å². The molecule has 1 aliphatic rings. The van der Waals surface area contributed by atoms with Gasteiger partial charge in [-0.05, 0) is 19.4 Å². The summed E-state index contributed by atoms with van der Waals surface area (Å²) < 4.78 is 2.18. The molecule has 2 N–H and O–H groups in total. The Morgan fingerprint density at radius 2 is 2.50 bits per heavy atom. The molecule has 0 saturated heterocycles. The molecular formula is C10H17N3O. The maximum atomic E-state index is 9.25. The van der Waals surface area contributed by atoms with Crippen molar-refractivity contribution in [1.82, 2.24) is 14.9 Å². The monoisotopic (exact) mass is 195 g/mol. The highest BCUT2D eigenvalue weighted by Crippen LogP contribution is 2.36. The lowest BCUT2D eigenvalue weighted by atomic mass is 10.2. The Bertz CT molecular complexity index is 293. The molecule has 78 valence electrons. The minimum Gasteiger partial charge on any atom is -0.394 e. The van der Waals surface area contributed by atoms with Gasteiger partial charge < -0.3 is 15.0 Å². The molecule has 0 amide bonds. The van der Waals surface area contributed by atoms with E-state index in [9.17, 15) is 5.11 Å². The van der Waals surface area contributed by atoms with Crippen LogP contribution in [0.1, 0.15) is 37.5 Å². The third kappa shape index (κ3) is 1.81. The van der Waals surface area contributed by atoms with Crippen LogP contribution in [0.4, 0.5) is 0 Å². The first-order chi connectivity index (χ1) is 6.86. The fourth-order valence-corrected chi connectivity index (χ4v) is 1.75. The van der Waals surface area contributed by atoms with Gasteiger partial charge in [0.1, 0.15) is 0 Å². The molecule has 1 aliphatic carbocycles. The molecule has 1 aromatic rings. The van der Waals surface area contributed by atoms with E-state index in [2.05, 4.69) is 14.9 Å². The topological polar surface area (TPSA) is 50.1 Å². The second-order valence-corrected chi connectivity index (χ2v) is 3.75. The first-order valence-electron chi connectivity index (χ1n) is 5.22. The molecule has 2 rings (SSSR count). The Kier molecular flexibility index (Phi) is 2.84. The first-order valence-corrected chi connectivity index (χ1v) is 5.22. The minimum atomic E-state index is 0.0306. The lowest BCUT2D eigenvalue weighted by molar-refractivity contribution is 0.241. The maximum Gasteiger partial charge on any atom is 0.0951 e. The van der Waals surface area contributed by atoms with E-state index >= 15 is 0 Å². The van der Waals surface area contributed by atoms with Gasteiger partial charge >= 0.3 is 0 Å². The van der Waals surface area contributed by atoms with Gasteiger partial charge in [-0.25, -0.2) is 4.98 Å². The van der Waals surface area contributed by atoms with E-state index in [0.29, 0.717) is 6.04 Å². The Hall–Kier alpha value is -0.870. The SMILES string of the molecule is CCNC(CO)c1cncn1C1CC1. The van der Waals surface area contributed by atoms with Gasteiger partial charge in [-0.1, -0.05) is 6.92 Å². The number of aromatic nitrogens is 2. The van der Waals surface area contributed by atoms with Crippen molar-refractivity contribution in [3.8, 4) is 0 Å². The molecule has 1 atom stereocenters. The van der Waals surface area contributed by atoms with Crippen molar-refractivity contribution in [2.24, 2.45) is 0 Å². The number of aliphatic hydroxyl groups is 1. The molecule has 0 bridgehead atoms. The Balaban J connectivity index is 2.15. The maximum absolute atomic E-state index is 9.25. The van der Waals surface area contributed by atoms with Crippen molar-refractivity contribution in [3.63, 3.8) is 0 Å². The molecule has 4 heteroatoms. The average molecular weight is 195 g/mol. The predicted octanol–water partition coefficient (Wildman–Crippen LogP) is 0.861. The summed E-state index contributed by atoms with van der Waals surface area (Å²) in [6, 6.07) is 0.656. The molecule has 1 fully saturated rings. The van der Waals surface area contributed by atoms with Crippen LogP contribution in [0, 0.1) is 0 Å². The molecule has 0 spiro atoms. The van der Waals surface area contributed by atoms with Crippen molar-refractivity contribution < 1.29 is 5.11 Å². The van der Waals surface area contributed by atoms with Crippen LogP contribution in [0.15, 0.2) is 12.5 Å². The summed E-state index contributed by atoms with van der Waals surface area (Å²) in [5.41, 5.74) is 1.11. The number of nitrogens with one attached hydrogen (secondary N) is 1. The number of aliphatic hydroxyl groups excluding tert-OH is 1. The fraction of sp³-hybridized carbons (Fsp3) is 0.700. The van der Waals surface area contributed by atoms with E-state index in [1.54, 1.807) is 0 Å². The lowest BCUT2D eigenvalue weighted by Crippen LogP contribution is -2.26. The van der Waals surface area contributed by atoms with Gasteiger partial charge in [0.15, 0.2) is 0 Å². The number of rotatable bonds is 5. The van der Waals surface area contributed by atoms with Gasteiger partial charge in [0, 0.05) is 12.2 Å². The van der Waals surface area contributed by atoms with Crippen LogP contribution < -0.4 is 5.32 Å². The standard InChI is InChI=1S/C10H17N3O/c1-2-12-9(6-14)10-5-11-7-13(10)8-3-4-8/h5,7-9,12,14H,2-4,6H2,1H3. The lowest BCUT2D eigenvalue weighted by Gasteiger charge is -2.16. The summed E-state index contributed by atoms with van der Waals surface area (Å²) in [6.45, 7) is 3.04. The van der Waals surface area contributed by atoms with Crippen LogP contribution in [0.5, 0.6) is 0 Å². The summed E-state index contributed by atoms with van der Waals surface area (Å²) in [6.07, 6.45) is 6.20. The minimum absolute atomic E-state index is 0.0306. The van der Waals surface area contributed by atoms with Gasteiger partial charge in [-0.3, -0.25) is 0 Å². The highest BCUT2D eigenvalue weighted by atomic mass is 16.3. The molecule has 1 saturated carbocycles. The summed E-state index contributed by atoms with van der Waals surface area (Å²) in [7, 11) is 0. The van der Waals surface area contributed by atoms with Crippen molar-refractivity contribution in [3.05, 3.63) is 18.2 Å². The van der Waals surface area contributed by atoms with Gasteiger partial charge in [0.05, 0.1) is 24.7 Å². The van der Waals surface area contributed by atoms with Crippen LogP contribution in [-0.4, -0.2) is 27.8 Å². The molecule has 14 heavy (non-hydrogen) atoms. The zero-order valence-corrected chi connectivity index (χ0v) is 8.48. The Labute approximate surface area is 84.0 Å². The molecule has 1 unspecified atom stereocenters. The predicted molar refractivity (Wildman–Crippen MR) is 54.0 cm³/mol. The molecule has 0 radical (unpaired) electrons. The number of imidazole rings is 1. The van der Waals surface area contributed by atoms with E-state index in [1.807, 2.05) is 19.4 Å². The number of nitrogens with zero attached hydrogens (tertiary/aromatic N) is 2. The second kappa shape index (κ2) is 4.11. The first kappa shape index (κ1) is 9.68. The largest absolute Gasteiger partial charge is 0.394 e. The van der Waals surface area contributed by atoms with Crippen LogP contribution in [0.2, 0.25) is 0 Å². The smallest absolute Gasteiger partial charge is 0.0951 e. The number of hydrogen-bond acceptors (Lipinski definition) is 3. The van der Waals surface area contributed by atoms with E-state index in [1.165, 1.54) is 12.8 Å².